The van der Waals surface area contributed by atoms with E-state index in [1.165, 1.54) is 6.07 Å². The van der Waals surface area contributed by atoms with Gasteiger partial charge in [-0.2, -0.15) is 0 Å². The van der Waals surface area contributed by atoms with Gasteiger partial charge in [-0.25, -0.2) is 0 Å². The van der Waals surface area contributed by atoms with E-state index in [9.17, 15) is 20.2 Å². The smallest absolute Gasteiger partial charge is 0.423 e. The first kappa shape index (κ1) is 15.8. The molecule has 0 fully saturated rings. The largest absolute Gasteiger partial charge is 0.496 e. The van der Waals surface area contributed by atoms with Gasteiger partial charge in [-0.15, -0.1) is 11.3 Å². The molecule has 1 aromatic heterocycles. The van der Waals surface area contributed by atoms with Gasteiger partial charge < -0.3 is 10.0 Å². The van der Waals surface area contributed by atoms with Gasteiger partial charge in [0.15, 0.2) is 0 Å². The zero-order valence-electron chi connectivity index (χ0n) is 12.9. The number of nitrogens with zero attached hydrogens (tertiary/aromatic N) is 1. The standard InChI is InChI=1S/C18H12BNO4S/c21-19(22)17-12(6-4-9-15(17)20(23)24)14-8-3-7-13-11-5-1-2-10-16(11)25-18(13)14/h1-10,21-22H. The maximum absolute atomic E-state index is 11.3. The summed E-state index contributed by atoms with van der Waals surface area (Å²) in [6, 6.07) is 18.3. The summed E-state index contributed by atoms with van der Waals surface area (Å²) in [7, 11) is -1.93. The third kappa shape index (κ3) is 2.49. The number of nitro groups is 1. The molecule has 122 valence electrons. The summed E-state index contributed by atoms with van der Waals surface area (Å²) in [5.74, 6) is 0. The first-order valence-corrected chi connectivity index (χ1v) is 8.43. The molecule has 3 aromatic carbocycles. The summed E-state index contributed by atoms with van der Waals surface area (Å²) in [6.07, 6.45) is 0. The summed E-state index contributed by atoms with van der Waals surface area (Å²) < 4.78 is 2.08. The molecule has 5 nitrogen and oxygen atoms in total. The molecule has 0 saturated carbocycles. The van der Waals surface area contributed by atoms with E-state index < -0.39 is 12.0 Å². The van der Waals surface area contributed by atoms with Crippen molar-refractivity contribution in [2.45, 2.75) is 0 Å². The number of hydrogen-bond donors (Lipinski definition) is 2. The number of benzene rings is 3. The molecule has 25 heavy (non-hydrogen) atoms. The SMILES string of the molecule is O=[N+]([O-])c1cccc(-c2cccc3c2sc2ccccc23)c1B(O)O. The molecule has 0 saturated heterocycles. The predicted octanol–water partition coefficient (Wildman–Crippen LogP) is 3.31. The average Bonchev–Trinajstić information content (AvgIpc) is 2.99. The minimum atomic E-state index is -1.93. The maximum Gasteiger partial charge on any atom is 0.496 e. The van der Waals surface area contributed by atoms with Gasteiger partial charge in [0.05, 0.1) is 10.4 Å². The van der Waals surface area contributed by atoms with Gasteiger partial charge in [0.2, 0.25) is 0 Å². The van der Waals surface area contributed by atoms with Crippen molar-refractivity contribution >= 4 is 49.8 Å². The van der Waals surface area contributed by atoms with E-state index in [1.54, 1.807) is 23.5 Å². The molecule has 0 bridgehead atoms. The van der Waals surface area contributed by atoms with E-state index in [4.69, 9.17) is 0 Å². The molecule has 0 spiro atoms. The molecule has 0 radical (unpaired) electrons. The Bertz CT molecular complexity index is 1120. The van der Waals surface area contributed by atoms with Crippen LogP contribution in [0.4, 0.5) is 5.69 Å². The zero-order valence-corrected chi connectivity index (χ0v) is 13.7. The fraction of sp³-hybridized carbons (Fsp3) is 0. The van der Waals surface area contributed by atoms with Gasteiger partial charge in [-0.1, -0.05) is 48.5 Å². The molecule has 7 heteroatoms. The summed E-state index contributed by atoms with van der Waals surface area (Å²) in [5.41, 5.74) is 0.829. The monoisotopic (exact) mass is 349 g/mol. The highest BCUT2D eigenvalue weighted by molar-refractivity contribution is 7.26. The number of thiophene rings is 1. The van der Waals surface area contributed by atoms with Crippen LogP contribution in [-0.2, 0) is 0 Å². The third-order valence-electron chi connectivity index (χ3n) is 4.23. The van der Waals surface area contributed by atoms with Crippen molar-refractivity contribution in [3.8, 4) is 11.1 Å². The van der Waals surface area contributed by atoms with Crippen molar-refractivity contribution < 1.29 is 15.0 Å². The lowest BCUT2D eigenvalue weighted by atomic mass is 9.74. The van der Waals surface area contributed by atoms with Crippen LogP contribution in [0, 0.1) is 10.1 Å². The molecule has 0 aliphatic rings. The zero-order chi connectivity index (χ0) is 17.6. The second kappa shape index (κ2) is 5.96. The van der Waals surface area contributed by atoms with Crippen LogP contribution in [0.1, 0.15) is 0 Å². The number of rotatable bonds is 3. The van der Waals surface area contributed by atoms with Crippen LogP contribution < -0.4 is 5.46 Å². The lowest BCUT2D eigenvalue weighted by molar-refractivity contribution is -0.383. The van der Waals surface area contributed by atoms with Crippen molar-refractivity contribution in [1.82, 2.24) is 0 Å². The van der Waals surface area contributed by atoms with Crippen LogP contribution in [0.3, 0.4) is 0 Å². The lowest BCUT2D eigenvalue weighted by Crippen LogP contribution is -2.33. The normalized spacial score (nSPS) is 11.1. The lowest BCUT2D eigenvalue weighted by Gasteiger charge is -2.10. The van der Waals surface area contributed by atoms with Gasteiger partial charge in [0, 0.05) is 26.2 Å². The Kier molecular flexibility index (Phi) is 3.76. The van der Waals surface area contributed by atoms with E-state index in [0.29, 0.717) is 5.56 Å². The summed E-state index contributed by atoms with van der Waals surface area (Å²) >= 11 is 1.58. The van der Waals surface area contributed by atoms with Crippen LogP contribution in [0.5, 0.6) is 0 Å². The Balaban J connectivity index is 2.09. The van der Waals surface area contributed by atoms with Crippen LogP contribution in [0.25, 0.3) is 31.3 Å². The van der Waals surface area contributed by atoms with Crippen molar-refractivity contribution in [2.24, 2.45) is 0 Å². The average molecular weight is 349 g/mol. The Labute approximate surface area is 147 Å². The van der Waals surface area contributed by atoms with Gasteiger partial charge in [0.1, 0.15) is 0 Å². The van der Waals surface area contributed by atoms with E-state index in [2.05, 4.69) is 0 Å². The first-order chi connectivity index (χ1) is 12.1. The summed E-state index contributed by atoms with van der Waals surface area (Å²) in [5, 5.41) is 33.0. The quantitative estimate of drug-likeness (QED) is 0.338. The minimum Gasteiger partial charge on any atom is -0.423 e. The van der Waals surface area contributed by atoms with Gasteiger partial charge in [-0.05, 0) is 17.2 Å². The molecule has 0 aliphatic carbocycles. The molecular formula is C18H12BNO4S. The second-order valence-corrected chi connectivity index (χ2v) is 6.70. The van der Waals surface area contributed by atoms with Crippen LogP contribution in [-0.4, -0.2) is 22.1 Å². The van der Waals surface area contributed by atoms with E-state index >= 15 is 0 Å². The molecule has 4 rings (SSSR count). The van der Waals surface area contributed by atoms with Crippen LogP contribution >= 0.6 is 11.3 Å². The Morgan fingerprint density at radius 3 is 2.32 bits per heavy atom. The Hall–Kier alpha value is -2.74. The Morgan fingerprint density at radius 2 is 1.56 bits per heavy atom. The van der Waals surface area contributed by atoms with E-state index in [-0.39, 0.29) is 11.2 Å². The highest BCUT2D eigenvalue weighted by Crippen LogP contribution is 2.39. The van der Waals surface area contributed by atoms with Crippen molar-refractivity contribution in [3.05, 3.63) is 70.8 Å². The van der Waals surface area contributed by atoms with E-state index in [1.807, 2.05) is 42.5 Å². The van der Waals surface area contributed by atoms with Gasteiger partial charge >= 0.3 is 7.12 Å². The fourth-order valence-corrected chi connectivity index (χ4v) is 4.41. The van der Waals surface area contributed by atoms with Gasteiger partial charge in [0.25, 0.3) is 5.69 Å². The van der Waals surface area contributed by atoms with Gasteiger partial charge in [-0.3, -0.25) is 10.1 Å². The summed E-state index contributed by atoms with van der Waals surface area (Å²) in [4.78, 5) is 10.7. The fourth-order valence-electron chi connectivity index (χ4n) is 3.18. The number of hydrogen-bond acceptors (Lipinski definition) is 5. The highest BCUT2D eigenvalue weighted by Gasteiger charge is 2.28. The van der Waals surface area contributed by atoms with Crippen LogP contribution in [0.15, 0.2) is 60.7 Å². The topological polar surface area (TPSA) is 83.6 Å². The molecule has 0 unspecified atom stereocenters. The minimum absolute atomic E-state index is 0.0857. The number of nitro benzene ring substituents is 1. The first-order valence-electron chi connectivity index (χ1n) is 7.62. The van der Waals surface area contributed by atoms with Crippen molar-refractivity contribution in [1.29, 1.82) is 0 Å². The van der Waals surface area contributed by atoms with Crippen LogP contribution in [0.2, 0.25) is 0 Å². The molecule has 4 aromatic rings. The molecule has 2 N–H and O–H groups in total. The molecular weight excluding hydrogens is 337 g/mol. The Morgan fingerprint density at radius 1 is 0.880 bits per heavy atom. The molecule has 0 aliphatic heterocycles. The second-order valence-electron chi connectivity index (χ2n) is 5.65. The molecule has 0 amide bonds. The number of fused-ring (bicyclic) bond motifs is 3. The highest BCUT2D eigenvalue weighted by atomic mass is 32.1. The van der Waals surface area contributed by atoms with Crippen molar-refractivity contribution in [2.75, 3.05) is 0 Å². The predicted molar refractivity (Wildman–Crippen MR) is 101 cm³/mol. The summed E-state index contributed by atoms with van der Waals surface area (Å²) in [6.45, 7) is 0. The molecule has 1 heterocycles. The molecule has 0 atom stereocenters. The maximum atomic E-state index is 11.3. The van der Waals surface area contributed by atoms with E-state index in [0.717, 1.165) is 25.7 Å². The third-order valence-corrected chi connectivity index (χ3v) is 5.45. The van der Waals surface area contributed by atoms with Crippen molar-refractivity contribution in [3.63, 3.8) is 0 Å².